The molecule has 2 bridgehead atoms. The van der Waals surface area contributed by atoms with E-state index >= 15 is 9.59 Å². The van der Waals surface area contributed by atoms with Crippen molar-refractivity contribution < 1.29 is 29.0 Å². The lowest BCUT2D eigenvalue weighted by atomic mass is 9.70. The number of hydrogen-bond donors (Lipinski definition) is 1. The van der Waals surface area contributed by atoms with Gasteiger partial charge in [0.1, 0.15) is 29.6 Å². The third-order valence-corrected chi connectivity index (χ3v) is 11.2. The minimum atomic E-state index is -1.38. The maximum absolute atomic E-state index is 15.2. The molecule has 0 radical (unpaired) electrons. The van der Waals surface area contributed by atoms with Crippen LogP contribution >= 0.6 is 15.9 Å². The van der Waals surface area contributed by atoms with Gasteiger partial charge < -0.3 is 29.3 Å². The molecule has 7 atom stereocenters. The molecule has 1 spiro atoms. The van der Waals surface area contributed by atoms with Crippen LogP contribution < -0.4 is 9.64 Å². The average molecular weight is 770 g/mol. The van der Waals surface area contributed by atoms with Gasteiger partial charge in [0, 0.05) is 23.6 Å². The highest BCUT2D eigenvalue weighted by atomic mass is 79.9. The van der Waals surface area contributed by atoms with Crippen molar-refractivity contribution in [2.75, 3.05) is 31.2 Å². The first-order chi connectivity index (χ1) is 25.3. The van der Waals surface area contributed by atoms with E-state index in [9.17, 15) is 9.90 Å². The first kappa shape index (κ1) is 35.5. The molecule has 270 valence electrons. The second kappa shape index (κ2) is 14.6. The van der Waals surface area contributed by atoms with Gasteiger partial charge in [-0.05, 0) is 55.3 Å². The number of rotatable bonds is 14. The van der Waals surface area contributed by atoms with Crippen LogP contribution in [-0.2, 0) is 25.8 Å². The normalized spacial score (nSPS) is 25.2. The Morgan fingerprint density at radius 1 is 1.06 bits per heavy atom. The Morgan fingerprint density at radius 2 is 1.77 bits per heavy atom. The van der Waals surface area contributed by atoms with Gasteiger partial charge in [-0.25, -0.2) is 4.68 Å². The van der Waals surface area contributed by atoms with Crippen molar-refractivity contribution in [1.29, 1.82) is 0 Å². The van der Waals surface area contributed by atoms with E-state index < -0.39 is 54.0 Å². The molecule has 12 nitrogen and oxygen atoms in total. The number of aliphatic hydroxyl groups excluding tert-OH is 1. The molecule has 0 saturated carbocycles. The second-order valence-electron chi connectivity index (χ2n) is 13.3. The lowest BCUT2D eigenvalue weighted by Crippen LogP contribution is -2.57. The van der Waals surface area contributed by atoms with Crippen LogP contribution in [0.5, 0.6) is 5.75 Å². The van der Waals surface area contributed by atoms with Crippen LogP contribution in [0, 0.1) is 11.8 Å². The van der Waals surface area contributed by atoms with Crippen molar-refractivity contribution in [2.45, 2.75) is 48.6 Å². The van der Waals surface area contributed by atoms with Gasteiger partial charge in [-0.1, -0.05) is 75.8 Å². The number of halogens is 1. The molecule has 1 N–H and O–H groups in total. The van der Waals surface area contributed by atoms with E-state index in [0.717, 1.165) is 5.52 Å². The number of carbonyl (C=O) groups excluding carboxylic acids is 3. The number of benzene rings is 3. The van der Waals surface area contributed by atoms with Crippen LogP contribution in [0.3, 0.4) is 0 Å². The predicted octanol–water partition coefficient (Wildman–Crippen LogP) is 4.50. The highest BCUT2D eigenvalue weighted by Crippen LogP contribution is 2.61. The summed E-state index contributed by atoms with van der Waals surface area (Å²) in [6, 6.07) is 21.7. The van der Waals surface area contributed by atoms with Crippen molar-refractivity contribution in [3.63, 3.8) is 0 Å². The number of hydrogen-bond acceptors (Lipinski definition) is 8. The van der Waals surface area contributed by atoms with Gasteiger partial charge in [-0.15, -0.1) is 18.3 Å². The Bertz CT molecular complexity index is 1970. The molecule has 4 aromatic rings. The zero-order valence-electron chi connectivity index (χ0n) is 28.8. The van der Waals surface area contributed by atoms with Crippen molar-refractivity contribution in [3.05, 3.63) is 110 Å². The zero-order valence-corrected chi connectivity index (χ0v) is 30.4. The van der Waals surface area contributed by atoms with Crippen molar-refractivity contribution >= 4 is 50.4 Å². The fourth-order valence-electron chi connectivity index (χ4n) is 8.24. The van der Waals surface area contributed by atoms with Gasteiger partial charge in [0.25, 0.3) is 0 Å². The number of ether oxygens (including phenoxy) is 2. The molecule has 3 aliphatic heterocycles. The molecule has 3 aliphatic rings. The fourth-order valence-corrected chi connectivity index (χ4v) is 9.19. The van der Waals surface area contributed by atoms with Crippen molar-refractivity contribution in [3.8, 4) is 5.75 Å². The molecule has 0 aliphatic carbocycles. The summed E-state index contributed by atoms with van der Waals surface area (Å²) in [6.07, 6.45) is 2.86. The van der Waals surface area contributed by atoms with Crippen LogP contribution in [0.4, 0.5) is 5.69 Å². The molecule has 13 heteroatoms. The lowest BCUT2D eigenvalue weighted by Gasteiger charge is -2.39. The molecule has 3 fully saturated rings. The number of aliphatic hydroxyl groups is 1. The van der Waals surface area contributed by atoms with E-state index in [1.807, 2.05) is 61.5 Å². The second-order valence-corrected chi connectivity index (χ2v) is 14.4. The summed E-state index contributed by atoms with van der Waals surface area (Å²) in [5, 5.41) is 19.5. The number of anilines is 1. The standard InChI is InChI=1S/C39H41BrN6O6/c1-4-20-43(24-45-30-15-11-10-14-29(30)41-42-45)38(50)35-39-22-28(40)34(52-39)32(33(39)37(49)46(35)31(23-47)25-12-8-7-9-13-25)36(48)44(21-5-2)26-16-18-27(19-17-26)51-6-3/h4-5,7-19,28,31-35,47H,1-2,6,20-24H2,3H3/t28?,31-,32-,33+,34-,35?,39?/m1/s1. The molecule has 4 heterocycles. The summed E-state index contributed by atoms with van der Waals surface area (Å²) >= 11 is 3.79. The van der Waals surface area contributed by atoms with Gasteiger partial charge in [0.2, 0.25) is 17.7 Å². The number of likely N-dealkylation sites (tertiary alicyclic amines) is 1. The van der Waals surface area contributed by atoms with Gasteiger partial charge >= 0.3 is 0 Å². The third-order valence-electron chi connectivity index (χ3n) is 10.4. The number of carbonyl (C=O) groups is 3. The lowest BCUT2D eigenvalue weighted by molar-refractivity contribution is -0.152. The predicted molar refractivity (Wildman–Crippen MR) is 198 cm³/mol. The van der Waals surface area contributed by atoms with Crippen LogP contribution in [0.25, 0.3) is 11.0 Å². The van der Waals surface area contributed by atoms with Gasteiger partial charge in [0.05, 0.1) is 42.7 Å². The van der Waals surface area contributed by atoms with Crippen LogP contribution in [0.15, 0.2) is 104 Å². The van der Waals surface area contributed by atoms with E-state index in [4.69, 9.17) is 9.47 Å². The largest absolute Gasteiger partial charge is 0.494 e. The van der Waals surface area contributed by atoms with Crippen molar-refractivity contribution in [1.82, 2.24) is 24.8 Å². The molecule has 3 unspecified atom stereocenters. The summed E-state index contributed by atoms with van der Waals surface area (Å²) in [5.74, 6) is -2.41. The third kappa shape index (κ3) is 5.90. The Balaban J connectivity index is 1.32. The summed E-state index contributed by atoms with van der Waals surface area (Å²) in [6.45, 7) is 10.1. The Morgan fingerprint density at radius 3 is 2.46 bits per heavy atom. The highest BCUT2D eigenvalue weighted by Gasteiger charge is 2.77. The monoisotopic (exact) mass is 768 g/mol. The number of amides is 3. The molecule has 1 aromatic heterocycles. The van der Waals surface area contributed by atoms with E-state index in [1.165, 1.54) is 4.90 Å². The molecule has 3 amide bonds. The van der Waals surface area contributed by atoms with E-state index in [0.29, 0.717) is 35.5 Å². The summed E-state index contributed by atoms with van der Waals surface area (Å²) < 4.78 is 14.1. The summed E-state index contributed by atoms with van der Waals surface area (Å²) in [7, 11) is 0. The number of aromatic nitrogens is 3. The number of para-hydroxylation sites is 1. The molecule has 52 heavy (non-hydrogen) atoms. The Hall–Kier alpha value is -4.85. The number of nitrogens with zero attached hydrogens (tertiary/aromatic N) is 6. The quantitative estimate of drug-likeness (QED) is 0.147. The SMILES string of the molecule is C=CCN(Cn1nnc2ccccc21)C(=O)C1N([C@H](CO)c2ccccc2)C(=O)[C@@H]2[C@@H](C(=O)N(CC=C)c3ccc(OCC)cc3)[C@@H]3OC12CC3Br. The van der Waals surface area contributed by atoms with Crippen LogP contribution in [-0.4, -0.2) is 96.5 Å². The zero-order chi connectivity index (χ0) is 36.6. The maximum atomic E-state index is 15.2. The molecular formula is C39H41BrN6O6. The molecule has 3 aromatic carbocycles. The van der Waals surface area contributed by atoms with Crippen LogP contribution in [0.1, 0.15) is 24.9 Å². The number of fused-ring (bicyclic) bond motifs is 2. The van der Waals surface area contributed by atoms with E-state index in [1.54, 1.807) is 50.9 Å². The van der Waals surface area contributed by atoms with Gasteiger partial charge in [-0.3, -0.25) is 14.4 Å². The van der Waals surface area contributed by atoms with E-state index in [2.05, 4.69) is 39.4 Å². The van der Waals surface area contributed by atoms with Gasteiger partial charge in [0.15, 0.2) is 0 Å². The fraction of sp³-hybridized carbons (Fsp3) is 0.359. The Labute approximate surface area is 310 Å². The van der Waals surface area contributed by atoms with Crippen LogP contribution in [0.2, 0.25) is 0 Å². The minimum absolute atomic E-state index is 0.0220. The Kier molecular flexibility index (Phi) is 10.0. The highest BCUT2D eigenvalue weighted by molar-refractivity contribution is 9.09. The van der Waals surface area contributed by atoms with Gasteiger partial charge in [-0.2, -0.15) is 0 Å². The summed E-state index contributed by atoms with van der Waals surface area (Å²) in [5.41, 5.74) is 1.30. The first-order valence-corrected chi connectivity index (χ1v) is 18.3. The molecular weight excluding hydrogens is 728 g/mol. The average Bonchev–Trinajstić information content (AvgIpc) is 3.88. The van der Waals surface area contributed by atoms with E-state index in [-0.39, 0.29) is 30.5 Å². The molecule has 3 saturated heterocycles. The smallest absolute Gasteiger partial charge is 0.250 e. The topological polar surface area (TPSA) is 130 Å². The minimum Gasteiger partial charge on any atom is -0.494 e. The molecule has 7 rings (SSSR count). The maximum Gasteiger partial charge on any atom is 0.250 e. The first-order valence-electron chi connectivity index (χ1n) is 17.4. The summed E-state index contributed by atoms with van der Waals surface area (Å²) in [4.78, 5) is 49.4. The van der Waals surface area contributed by atoms with Crippen molar-refractivity contribution in [2.24, 2.45) is 11.8 Å². The number of alkyl halides is 1.